The van der Waals surface area contributed by atoms with E-state index in [1.807, 2.05) is 0 Å². The normalized spacial score (nSPS) is 11.1. The largest absolute Gasteiger partial charge is 0.418 e. The standard InChI is InChI=1S/C9H7F3N2/c1-5-3-7(4-13)14-6(2)8(5)9(10,11)12/h3H,1-2H3. The predicted octanol–water partition coefficient (Wildman–Crippen LogP) is 2.59. The number of aromatic nitrogens is 1. The smallest absolute Gasteiger partial charge is 0.242 e. The summed E-state index contributed by atoms with van der Waals surface area (Å²) in [6.45, 7) is 2.56. The number of nitriles is 1. The van der Waals surface area contributed by atoms with Crippen LogP contribution in [0.15, 0.2) is 6.07 Å². The van der Waals surface area contributed by atoms with Crippen LogP contribution in [-0.4, -0.2) is 4.98 Å². The molecule has 0 bridgehead atoms. The van der Waals surface area contributed by atoms with Crippen LogP contribution in [0, 0.1) is 25.2 Å². The van der Waals surface area contributed by atoms with Crippen molar-refractivity contribution in [3.8, 4) is 6.07 Å². The van der Waals surface area contributed by atoms with Gasteiger partial charge < -0.3 is 0 Å². The highest BCUT2D eigenvalue weighted by Crippen LogP contribution is 2.33. The van der Waals surface area contributed by atoms with E-state index in [0.29, 0.717) is 0 Å². The molecule has 5 heteroatoms. The molecule has 0 saturated carbocycles. The zero-order valence-electron chi connectivity index (χ0n) is 7.61. The number of alkyl halides is 3. The summed E-state index contributed by atoms with van der Waals surface area (Å²) in [5.74, 6) is 0. The van der Waals surface area contributed by atoms with Crippen LogP contribution in [0.4, 0.5) is 13.2 Å². The summed E-state index contributed by atoms with van der Waals surface area (Å²) in [6, 6.07) is 2.84. The molecular formula is C9H7F3N2. The molecule has 0 fully saturated rings. The Morgan fingerprint density at radius 1 is 1.36 bits per heavy atom. The van der Waals surface area contributed by atoms with Gasteiger partial charge in [-0.1, -0.05) is 0 Å². The lowest BCUT2D eigenvalue weighted by molar-refractivity contribution is -0.138. The minimum absolute atomic E-state index is 0.00741. The fraction of sp³-hybridized carbons (Fsp3) is 0.333. The maximum atomic E-state index is 12.4. The van der Waals surface area contributed by atoms with E-state index in [-0.39, 0.29) is 17.0 Å². The van der Waals surface area contributed by atoms with Crippen molar-refractivity contribution in [1.82, 2.24) is 4.98 Å². The van der Waals surface area contributed by atoms with Crippen molar-refractivity contribution in [1.29, 1.82) is 5.26 Å². The second-order valence-corrected chi connectivity index (χ2v) is 2.89. The number of aryl methyl sites for hydroxylation is 2. The van der Waals surface area contributed by atoms with Crippen LogP contribution in [0.3, 0.4) is 0 Å². The molecule has 74 valence electrons. The fourth-order valence-electron chi connectivity index (χ4n) is 1.32. The number of nitrogens with zero attached hydrogens (tertiary/aromatic N) is 2. The molecular weight excluding hydrogens is 193 g/mol. The molecule has 0 unspecified atom stereocenters. The zero-order valence-corrected chi connectivity index (χ0v) is 7.61. The minimum Gasteiger partial charge on any atom is -0.242 e. The van der Waals surface area contributed by atoms with Crippen LogP contribution in [0.25, 0.3) is 0 Å². The van der Waals surface area contributed by atoms with Gasteiger partial charge in [0, 0.05) is 0 Å². The Hall–Kier alpha value is -1.57. The van der Waals surface area contributed by atoms with E-state index in [0.717, 1.165) is 6.07 Å². The number of rotatable bonds is 0. The Balaban J connectivity index is 3.42. The molecule has 1 aromatic heterocycles. The quantitative estimate of drug-likeness (QED) is 0.645. The lowest BCUT2D eigenvalue weighted by Crippen LogP contribution is -2.12. The van der Waals surface area contributed by atoms with Crippen LogP contribution < -0.4 is 0 Å². The summed E-state index contributed by atoms with van der Waals surface area (Å²) in [7, 11) is 0. The monoisotopic (exact) mass is 200 g/mol. The van der Waals surface area contributed by atoms with E-state index < -0.39 is 11.7 Å². The lowest BCUT2D eigenvalue weighted by Gasteiger charge is -2.12. The van der Waals surface area contributed by atoms with Crippen molar-refractivity contribution in [3.63, 3.8) is 0 Å². The van der Waals surface area contributed by atoms with Gasteiger partial charge in [-0.05, 0) is 25.5 Å². The third kappa shape index (κ3) is 1.84. The van der Waals surface area contributed by atoms with E-state index in [4.69, 9.17) is 5.26 Å². The van der Waals surface area contributed by atoms with Gasteiger partial charge in [0.2, 0.25) is 0 Å². The molecule has 0 aliphatic rings. The summed E-state index contributed by atoms with van der Waals surface area (Å²) in [6.07, 6.45) is -4.41. The molecule has 0 spiro atoms. The average Bonchev–Trinajstić information content (AvgIpc) is 1.99. The number of hydrogen-bond donors (Lipinski definition) is 0. The fourth-order valence-corrected chi connectivity index (χ4v) is 1.32. The Morgan fingerprint density at radius 2 is 1.93 bits per heavy atom. The van der Waals surface area contributed by atoms with Gasteiger partial charge >= 0.3 is 6.18 Å². The molecule has 1 heterocycles. The Morgan fingerprint density at radius 3 is 2.29 bits per heavy atom. The first kappa shape index (κ1) is 10.5. The zero-order chi connectivity index (χ0) is 10.9. The molecule has 1 aromatic rings. The third-order valence-electron chi connectivity index (χ3n) is 1.80. The number of hydrogen-bond acceptors (Lipinski definition) is 2. The minimum atomic E-state index is -4.41. The topological polar surface area (TPSA) is 36.7 Å². The molecule has 0 saturated heterocycles. The van der Waals surface area contributed by atoms with Crippen LogP contribution in [0.2, 0.25) is 0 Å². The highest BCUT2D eigenvalue weighted by atomic mass is 19.4. The van der Waals surface area contributed by atoms with Crippen LogP contribution in [0.1, 0.15) is 22.5 Å². The predicted molar refractivity (Wildman–Crippen MR) is 43.4 cm³/mol. The molecule has 0 aliphatic carbocycles. The van der Waals surface area contributed by atoms with Crippen molar-refractivity contribution in [2.75, 3.05) is 0 Å². The highest BCUT2D eigenvalue weighted by Gasteiger charge is 2.35. The summed E-state index contributed by atoms with van der Waals surface area (Å²) >= 11 is 0. The van der Waals surface area contributed by atoms with Gasteiger partial charge in [0.25, 0.3) is 0 Å². The Labute approximate surface area is 79.0 Å². The first-order chi connectivity index (χ1) is 6.36. The summed E-state index contributed by atoms with van der Waals surface area (Å²) in [5, 5.41) is 8.49. The first-order valence-corrected chi connectivity index (χ1v) is 3.82. The van der Waals surface area contributed by atoms with Crippen LogP contribution in [0.5, 0.6) is 0 Å². The number of pyridine rings is 1. The van der Waals surface area contributed by atoms with Gasteiger partial charge in [0.1, 0.15) is 11.8 Å². The lowest BCUT2D eigenvalue weighted by atomic mass is 10.1. The van der Waals surface area contributed by atoms with Crippen molar-refractivity contribution < 1.29 is 13.2 Å². The van der Waals surface area contributed by atoms with E-state index in [1.54, 1.807) is 6.07 Å². The molecule has 14 heavy (non-hydrogen) atoms. The second kappa shape index (κ2) is 3.29. The molecule has 0 radical (unpaired) electrons. The summed E-state index contributed by atoms with van der Waals surface area (Å²) < 4.78 is 37.3. The molecule has 0 aliphatic heterocycles. The van der Waals surface area contributed by atoms with E-state index in [2.05, 4.69) is 4.98 Å². The Bertz CT molecular complexity index is 378. The van der Waals surface area contributed by atoms with E-state index >= 15 is 0 Å². The van der Waals surface area contributed by atoms with E-state index in [1.165, 1.54) is 13.8 Å². The highest BCUT2D eigenvalue weighted by molar-refractivity contribution is 5.37. The maximum Gasteiger partial charge on any atom is 0.418 e. The van der Waals surface area contributed by atoms with Crippen molar-refractivity contribution >= 4 is 0 Å². The van der Waals surface area contributed by atoms with Crippen molar-refractivity contribution in [2.24, 2.45) is 0 Å². The van der Waals surface area contributed by atoms with Gasteiger partial charge in [-0.25, -0.2) is 4.98 Å². The SMILES string of the molecule is Cc1cc(C#N)nc(C)c1C(F)(F)F. The molecule has 1 rings (SSSR count). The van der Waals surface area contributed by atoms with Gasteiger partial charge in [0.15, 0.2) is 0 Å². The average molecular weight is 200 g/mol. The van der Waals surface area contributed by atoms with Gasteiger partial charge in [-0.2, -0.15) is 18.4 Å². The molecule has 0 amide bonds. The Kier molecular flexibility index (Phi) is 2.47. The van der Waals surface area contributed by atoms with Gasteiger partial charge in [0.05, 0.1) is 11.3 Å². The number of halogens is 3. The van der Waals surface area contributed by atoms with E-state index in [9.17, 15) is 13.2 Å². The van der Waals surface area contributed by atoms with Gasteiger partial charge in [-0.3, -0.25) is 0 Å². The van der Waals surface area contributed by atoms with Gasteiger partial charge in [-0.15, -0.1) is 0 Å². The van der Waals surface area contributed by atoms with Crippen molar-refractivity contribution in [3.05, 3.63) is 28.6 Å². The second-order valence-electron chi connectivity index (χ2n) is 2.89. The summed E-state index contributed by atoms with van der Waals surface area (Å²) in [5.41, 5.74) is -0.875. The molecule has 2 nitrogen and oxygen atoms in total. The molecule has 0 N–H and O–H groups in total. The maximum absolute atomic E-state index is 12.4. The molecule has 0 atom stereocenters. The van der Waals surface area contributed by atoms with Crippen LogP contribution in [-0.2, 0) is 6.18 Å². The third-order valence-corrected chi connectivity index (χ3v) is 1.80. The molecule has 0 aromatic carbocycles. The summed E-state index contributed by atoms with van der Waals surface area (Å²) in [4.78, 5) is 3.54. The van der Waals surface area contributed by atoms with Crippen molar-refractivity contribution in [2.45, 2.75) is 20.0 Å². The first-order valence-electron chi connectivity index (χ1n) is 3.82. The van der Waals surface area contributed by atoms with Crippen LogP contribution >= 0.6 is 0 Å².